The number of hydrogen-bond donors (Lipinski definition) is 1. The van der Waals surface area contributed by atoms with Crippen molar-refractivity contribution in [3.63, 3.8) is 0 Å². The van der Waals surface area contributed by atoms with Crippen molar-refractivity contribution in [2.24, 2.45) is 0 Å². The highest BCUT2D eigenvalue weighted by atomic mass is 16.3. The number of pyridine rings is 1. The molecular weight excluding hydrogens is 310 g/mol. The van der Waals surface area contributed by atoms with E-state index in [1.165, 1.54) is 18.4 Å². The zero-order valence-electron chi connectivity index (χ0n) is 14.3. The lowest BCUT2D eigenvalue weighted by molar-refractivity contribution is -0.0630. The van der Waals surface area contributed by atoms with Crippen molar-refractivity contribution < 1.29 is 5.11 Å². The van der Waals surface area contributed by atoms with Gasteiger partial charge in [0.05, 0.1) is 5.69 Å². The molecule has 2 aromatic heterocycles. The van der Waals surface area contributed by atoms with Crippen LogP contribution in [-0.2, 0) is 12.1 Å². The third-order valence-electron chi connectivity index (χ3n) is 6.03. The molecule has 0 radical (unpaired) electrons. The highest BCUT2D eigenvalue weighted by Crippen LogP contribution is 2.46. The van der Waals surface area contributed by atoms with Gasteiger partial charge < -0.3 is 9.51 Å². The summed E-state index contributed by atoms with van der Waals surface area (Å²) in [5.74, 6) is 0. The molecular formula is C21H23N3O. The molecule has 4 heterocycles. The van der Waals surface area contributed by atoms with Crippen LogP contribution in [0.3, 0.4) is 0 Å². The summed E-state index contributed by atoms with van der Waals surface area (Å²) in [7, 11) is 0. The summed E-state index contributed by atoms with van der Waals surface area (Å²) in [6.07, 6.45) is 7.73. The zero-order chi connectivity index (χ0) is 16.9. The molecule has 5 rings (SSSR count). The average molecular weight is 333 g/mol. The Morgan fingerprint density at radius 3 is 2.52 bits per heavy atom. The van der Waals surface area contributed by atoms with Crippen LogP contribution in [0.1, 0.15) is 36.9 Å². The molecule has 0 amide bonds. The number of imidazole rings is 1. The molecule has 2 aliphatic rings. The van der Waals surface area contributed by atoms with E-state index in [9.17, 15) is 5.11 Å². The van der Waals surface area contributed by atoms with Gasteiger partial charge in [-0.1, -0.05) is 36.4 Å². The monoisotopic (exact) mass is 333 g/mol. The molecule has 2 unspecified atom stereocenters. The molecule has 4 heteroatoms. The fourth-order valence-corrected chi connectivity index (χ4v) is 4.90. The van der Waals surface area contributed by atoms with E-state index in [2.05, 4.69) is 46.3 Å². The van der Waals surface area contributed by atoms with Crippen LogP contribution in [0.25, 0.3) is 5.65 Å². The van der Waals surface area contributed by atoms with Crippen LogP contribution in [0, 0.1) is 0 Å². The molecule has 128 valence electrons. The largest absolute Gasteiger partial charge is 0.383 e. The number of piperidine rings is 1. The first-order chi connectivity index (χ1) is 12.2. The Kier molecular flexibility index (Phi) is 3.43. The number of aliphatic hydroxyl groups is 1. The molecule has 2 aliphatic heterocycles. The van der Waals surface area contributed by atoms with E-state index in [4.69, 9.17) is 0 Å². The Morgan fingerprint density at radius 2 is 1.76 bits per heavy atom. The Bertz CT molecular complexity index is 874. The third-order valence-corrected chi connectivity index (χ3v) is 6.03. The van der Waals surface area contributed by atoms with E-state index >= 15 is 0 Å². The minimum atomic E-state index is -0.765. The summed E-state index contributed by atoms with van der Waals surface area (Å²) in [5.41, 5.74) is 2.49. The van der Waals surface area contributed by atoms with E-state index in [0.29, 0.717) is 12.1 Å². The van der Waals surface area contributed by atoms with Gasteiger partial charge in [-0.3, -0.25) is 4.90 Å². The minimum absolute atomic E-state index is 0.447. The number of rotatable bonds is 3. The SMILES string of the molecule is OC1(c2cccc3nccn23)CC2CCC(C1)N2Cc1ccccc1. The van der Waals surface area contributed by atoms with Gasteiger partial charge in [-0.15, -0.1) is 0 Å². The summed E-state index contributed by atoms with van der Waals surface area (Å²) in [5, 5.41) is 11.5. The molecule has 2 bridgehead atoms. The second-order valence-electron chi connectivity index (χ2n) is 7.55. The Labute approximate surface area is 147 Å². The predicted octanol–water partition coefficient (Wildman–Crippen LogP) is 3.35. The maximum absolute atomic E-state index is 11.5. The van der Waals surface area contributed by atoms with Crippen molar-refractivity contribution in [3.8, 4) is 0 Å². The molecule has 3 aromatic rings. The van der Waals surface area contributed by atoms with Gasteiger partial charge >= 0.3 is 0 Å². The van der Waals surface area contributed by atoms with Gasteiger partial charge in [0, 0.05) is 31.0 Å². The summed E-state index contributed by atoms with van der Waals surface area (Å²) < 4.78 is 2.05. The van der Waals surface area contributed by atoms with Crippen LogP contribution in [0.15, 0.2) is 60.9 Å². The first-order valence-corrected chi connectivity index (χ1v) is 9.18. The maximum Gasteiger partial charge on any atom is 0.136 e. The number of hydrogen-bond acceptors (Lipinski definition) is 3. The molecule has 4 nitrogen and oxygen atoms in total. The van der Waals surface area contributed by atoms with Gasteiger partial charge in [0.15, 0.2) is 0 Å². The van der Waals surface area contributed by atoms with Crippen LogP contribution < -0.4 is 0 Å². The van der Waals surface area contributed by atoms with E-state index in [1.807, 2.05) is 22.7 Å². The number of benzene rings is 1. The number of nitrogens with zero attached hydrogens (tertiary/aromatic N) is 3. The van der Waals surface area contributed by atoms with Crippen molar-refractivity contribution in [2.45, 2.75) is 49.9 Å². The molecule has 0 aliphatic carbocycles. The fraction of sp³-hybridized carbons (Fsp3) is 0.381. The highest BCUT2D eigenvalue weighted by molar-refractivity contribution is 5.41. The van der Waals surface area contributed by atoms with Crippen LogP contribution >= 0.6 is 0 Å². The molecule has 25 heavy (non-hydrogen) atoms. The summed E-state index contributed by atoms with van der Waals surface area (Å²) in [6.45, 7) is 0.988. The van der Waals surface area contributed by atoms with Crippen LogP contribution in [-0.4, -0.2) is 31.5 Å². The molecule has 0 saturated carbocycles. The lowest BCUT2D eigenvalue weighted by atomic mass is 9.82. The van der Waals surface area contributed by atoms with Crippen LogP contribution in [0.5, 0.6) is 0 Å². The number of fused-ring (bicyclic) bond motifs is 3. The van der Waals surface area contributed by atoms with Gasteiger partial charge in [0.1, 0.15) is 11.2 Å². The molecule has 0 spiro atoms. The van der Waals surface area contributed by atoms with Gasteiger partial charge in [-0.2, -0.15) is 0 Å². The molecule has 1 aromatic carbocycles. The van der Waals surface area contributed by atoms with Crippen molar-refractivity contribution in [3.05, 3.63) is 72.2 Å². The van der Waals surface area contributed by atoms with E-state index < -0.39 is 5.60 Å². The van der Waals surface area contributed by atoms with Crippen molar-refractivity contribution in [1.29, 1.82) is 0 Å². The Morgan fingerprint density at radius 1 is 1.00 bits per heavy atom. The van der Waals surface area contributed by atoms with Crippen molar-refractivity contribution in [2.75, 3.05) is 0 Å². The normalized spacial score (nSPS) is 29.3. The number of aromatic nitrogens is 2. The molecule has 2 saturated heterocycles. The topological polar surface area (TPSA) is 40.8 Å². The molecule has 2 atom stereocenters. The third kappa shape index (κ3) is 2.48. The van der Waals surface area contributed by atoms with E-state index in [0.717, 1.165) is 30.7 Å². The first kappa shape index (κ1) is 15.1. The second-order valence-corrected chi connectivity index (χ2v) is 7.55. The van der Waals surface area contributed by atoms with Gasteiger partial charge in [-0.05, 0) is 43.4 Å². The lowest BCUT2D eigenvalue weighted by Gasteiger charge is -2.44. The van der Waals surface area contributed by atoms with E-state index in [-0.39, 0.29) is 0 Å². The summed E-state index contributed by atoms with van der Waals surface area (Å²) >= 11 is 0. The molecule has 2 fully saturated rings. The molecule has 1 N–H and O–H groups in total. The quantitative estimate of drug-likeness (QED) is 0.799. The second kappa shape index (κ2) is 5.68. The van der Waals surface area contributed by atoms with E-state index in [1.54, 1.807) is 6.20 Å². The van der Waals surface area contributed by atoms with Gasteiger partial charge in [0.2, 0.25) is 0 Å². The Hall–Kier alpha value is -2.17. The fourth-order valence-electron chi connectivity index (χ4n) is 4.90. The minimum Gasteiger partial charge on any atom is -0.383 e. The maximum atomic E-state index is 11.5. The Balaban J connectivity index is 1.45. The summed E-state index contributed by atoms with van der Waals surface area (Å²) in [6, 6.07) is 17.6. The average Bonchev–Trinajstić information content (AvgIpc) is 3.19. The van der Waals surface area contributed by atoms with Crippen molar-refractivity contribution >= 4 is 5.65 Å². The summed E-state index contributed by atoms with van der Waals surface area (Å²) in [4.78, 5) is 6.98. The standard InChI is InChI=1S/C21H23N3O/c25-21(19-7-4-8-20-22-11-12-23(19)20)13-17-9-10-18(14-21)24(17)15-16-5-2-1-3-6-16/h1-8,11-12,17-18,25H,9-10,13-15H2. The zero-order valence-corrected chi connectivity index (χ0v) is 14.3. The van der Waals surface area contributed by atoms with Crippen LogP contribution in [0.2, 0.25) is 0 Å². The predicted molar refractivity (Wildman–Crippen MR) is 97.1 cm³/mol. The highest BCUT2D eigenvalue weighted by Gasteiger charge is 2.48. The van der Waals surface area contributed by atoms with Crippen molar-refractivity contribution in [1.82, 2.24) is 14.3 Å². The van der Waals surface area contributed by atoms with Gasteiger partial charge in [0.25, 0.3) is 0 Å². The van der Waals surface area contributed by atoms with Gasteiger partial charge in [-0.25, -0.2) is 4.98 Å². The van der Waals surface area contributed by atoms with Crippen LogP contribution in [0.4, 0.5) is 0 Å². The lowest BCUT2D eigenvalue weighted by Crippen LogP contribution is -2.49. The smallest absolute Gasteiger partial charge is 0.136 e. The first-order valence-electron chi connectivity index (χ1n) is 9.18.